The molecule has 1 aliphatic rings. The van der Waals surface area contributed by atoms with Crippen molar-refractivity contribution in [3.63, 3.8) is 0 Å². The van der Waals surface area contributed by atoms with Gasteiger partial charge in [-0.2, -0.15) is 0 Å². The molecule has 1 aromatic heterocycles. The average molecular weight is 292 g/mol. The Morgan fingerprint density at radius 2 is 1.81 bits per heavy atom. The molecule has 118 valence electrons. The molecule has 6 heteroatoms. The Morgan fingerprint density at radius 3 is 2.38 bits per heavy atom. The third kappa shape index (κ3) is 5.22. The molecule has 1 saturated heterocycles. The van der Waals surface area contributed by atoms with Crippen LogP contribution in [-0.2, 0) is 6.54 Å². The Hall–Kier alpha value is -1.24. The summed E-state index contributed by atoms with van der Waals surface area (Å²) in [5, 5.41) is 3.29. The van der Waals surface area contributed by atoms with Crippen molar-refractivity contribution in [1.82, 2.24) is 25.1 Å². The summed E-state index contributed by atoms with van der Waals surface area (Å²) < 4.78 is 0. The number of aromatic nitrogens is 2. The normalized spacial score (nSPS) is 16.7. The Kier molecular flexibility index (Phi) is 6.35. The number of rotatable bonds is 7. The predicted molar refractivity (Wildman–Crippen MR) is 86.6 cm³/mol. The molecule has 0 amide bonds. The first kappa shape index (κ1) is 16.1. The second-order valence-corrected chi connectivity index (χ2v) is 5.80. The van der Waals surface area contributed by atoms with Crippen molar-refractivity contribution in [3.8, 4) is 0 Å². The summed E-state index contributed by atoms with van der Waals surface area (Å²) in [5.41, 5.74) is 1.14. The maximum atomic E-state index is 4.50. The smallest absolute Gasteiger partial charge is 0.225 e. The predicted octanol–water partition coefficient (Wildman–Crippen LogP) is 0.270. The number of anilines is 1. The van der Waals surface area contributed by atoms with Crippen molar-refractivity contribution < 1.29 is 0 Å². The molecule has 2 rings (SSSR count). The Morgan fingerprint density at radius 1 is 1.14 bits per heavy atom. The number of hydrogen-bond acceptors (Lipinski definition) is 6. The number of piperazine rings is 1. The fourth-order valence-electron chi connectivity index (χ4n) is 2.38. The molecule has 1 N–H and O–H groups in total. The summed E-state index contributed by atoms with van der Waals surface area (Å²) in [6, 6.07) is 0. The molecule has 0 bridgehead atoms. The monoisotopic (exact) mass is 292 g/mol. The van der Waals surface area contributed by atoms with Gasteiger partial charge in [0.15, 0.2) is 0 Å². The second kappa shape index (κ2) is 8.26. The lowest BCUT2D eigenvalue weighted by atomic mass is 10.3. The van der Waals surface area contributed by atoms with Crippen LogP contribution in [0.15, 0.2) is 12.4 Å². The molecule has 1 aromatic rings. The van der Waals surface area contributed by atoms with Crippen LogP contribution in [0.4, 0.5) is 5.95 Å². The summed E-state index contributed by atoms with van der Waals surface area (Å²) >= 11 is 0. The summed E-state index contributed by atoms with van der Waals surface area (Å²) in [4.78, 5) is 16.0. The van der Waals surface area contributed by atoms with Crippen LogP contribution in [0.2, 0.25) is 0 Å². The third-order valence-corrected chi connectivity index (χ3v) is 3.79. The molecular weight excluding hydrogens is 264 g/mol. The first-order valence-corrected chi connectivity index (χ1v) is 7.82. The second-order valence-electron chi connectivity index (χ2n) is 5.80. The van der Waals surface area contributed by atoms with Crippen LogP contribution in [0, 0.1) is 0 Å². The quantitative estimate of drug-likeness (QED) is 0.778. The van der Waals surface area contributed by atoms with E-state index in [1.54, 1.807) is 0 Å². The van der Waals surface area contributed by atoms with Gasteiger partial charge in [-0.15, -0.1) is 0 Å². The Balaban J connectivity index is 1.79. The lowest BCUT2D eigenvalue weighted by Gasteiger charge is -2.35. The van der Waals surface area contributed by atoms with Gasteiger partial charge in [0.2, 0.25) is 5.95 Å². The van der Waals surface area contributed by atoms with E-state index in [1.165, 1.54) is 0 Å². The minimum atomic E-state index is 0.842. The number of likely N-dealkylation sites (N-methyl/N-ethyl adjacent to an activating group) is 1. The molecule has 21 heavy (non-hydrogen) atoms. The van der Waals surface area contributed by atoms with E-state index in [1.807, 2.05) is 12.4 Å². The lowest BCUT2D eigenvalue weighted by molar-refractivity contribution is 0.228. The van der Waals surface area contributed by atoms with Gasteiger partial charge >= 0.3 is 0 Å². The highest BCUT2D eigenvalue weighted by Crippen LogP contribution is 2.10. The average Bonchev–Trinajstić information content (AvgIpc) is 2.52. The highest BCUT2D eigenvalue weighted by Gasteiger charge is 2.18. The van der Waals surface area contributed by atoms with Gasteiger partial charge in [0.1, 0.15) is 0 Å². The molecule has 1 aliphatic heterocycles. The van der Waals surface area contributed by atoms with Crippen molar-refractivity contribution in [2.45, 2.75) is 13.5 Å². The van der Waals surface area contributed by atoms with Gasteiger partial charge < -0.3 is 15.1 Å². The standard InChI is InChI=1S/C15H28N6/c1-4-16-11-14-12-17-15(18-13-14)21-9-7-20(8-10-21)6-5-19(2)3/h12-13,16H,4-11H2,1-3H3. The molecule has 0 aliphatic carbocycles. The molecular formula is C15H28N6. The van der Waals surface area contributed by atoms with E-state index in [0.29, 0.717) is 0 Å². The van der Waals surface area contributed by atoms with Gasteiger partial charge in [0.25, 0.3) is 0 Å². The van der Waals surface area contributed by atoms with Crippen LogP contribution in [0.5, 0.6) is 0 Å². The molecule has 2 heterocycles. The van der Waals surface area contributed by atoms with Crippen molar-refractivity contribution in [2.75, 3.05) is 64.8 Å². The van der Waals surface area contributed by atoms with Gasteiger partial charge in [-0.3, -0.25) is 4.90 Å². The van der Waals surface area contributed by atoms with E-state index in [-0.39, 0.29) is 0 Å². The highest BCUT2D eigenvalue weighted by atomic mass is 15.3. The minimum absolute atomic E-state index is 0.842. The van der Waals surface area contributed by atoms with Crippen LogP contribution in [0.1, 0.15) is 12.5 Å². The summed E-state index contributed by atoms with van der Waals surface area (Å²) in [6.07, 6.45) is 3.87. The van der Waals surface area contributed by atoms with E-state index in [9.17, 15) is 0 Å². The SMILES string of the molecule is CCNCc1cnc(N2CCN(CCN(C)C)CC2)nc1. The van der Waals surface area contributed by atoms with Crippen molar-refractivity contribution in [3.05, 3.63) is 18.0 Å². The fraction of sp³-hybridized carbons (Fsp3) is 0.733. The van der Waals surface area contributed by atoms with Crippen LogP contribution in [0.3, 0.4) is 0 Å². The van der Waals surface area contributed by atoms with E-state index in [2.05, 4.69) is 51.0 Å². The molecule has 0 aromatic carbocycles. The molecule has 0 saturated carbocycles. The van der Waals surface area contributed by atoms with E-state index >= 15 is 0 Å². The van der Waals surface area contributed by atoms with E-state index in [4.69, 9.17) is 0 Å². The summed E-state index contributed by atoms with van der Waals surface area (Å²) in [5.74, 6) is 0.863. The largest absolute Gasteiger partial charge is 0.338 e. The zero-order valence-corrected chi connectivity index (χ0v) is 13.5. The summed E-state index contributed by atoms with van der Waals surface area (Å²) in [6.45, 7) is 10.4. The zero-order valence-electron chi connectivity index (χ0n) is 13.5. The molecule has 0 atom stereocenters. The van der Waals surface area contributed by atoms with E-state index in [0.717, 1.165) is 63.9 Å². The van der Waals surface area contributed by atoms with Crippen molar-refractivity contribution in [1.29, 1.82) is 0 Å². The molecule has 0 unspecified atom stereocenters. The van der Waals surface area contributed by atoms with Crippen molar-refractivity contribution >= 4 is 5.95 Å². The summed E-state index contributed by atoms with van der Waals surface area (Å²) in [7, 11) is 4.25. The van der Waals surface area contributed by atoms with Crippen LogP contribution < -0.4 is 10.2 Å². The third-order valence-electron chi connectivity index (χ3n) is 3.79. The van der Waals surface area contributed by atoms with Crippen molar-refractivity contribution in [2.24, 2.45) is 0 Å². The van der Waals surface area contributed by atoms with Gasteiger partial charge in [0.05, 0.1) is 0 Å². The maximum absolute atomic E-state index is 4.50. The van der Waals surface area contributed by atoms with Gasteiger partial charge in [0, 0.05) is 63.8 Å². The number of nitrogens with one attached hydrogen (secondary N) is 1. The number of hydrogen-bond donors (Lipinski definition) is 1. The molecule has 0 spiro atoms. The first-order valence-electron chi connectivity index (χ1n) is 7.82. The van der Waals surface area contributed by atoms with Crippen LogP contribution in [-0.4, -0.2) is 79.7 Å². The van der Waals surface area contributed by atoms with Crippen LogP contribution >= 0.6 is 0 Å². The van der Waals surface area contributed by atoms with Gasteiger partial charge in [-0.1, -0.05) is 6.92 Å². The maximum Gasteiger partial charge on any atom is 0.225 e. The zero-order chi connectivity index (χ0) is 15.1. The number of nitrogens with zero attached hydrogens (tertiary/aromatic N) is 5. The minimum Gasteiger partial charge on any atom is -0.338 e. The fourth-order valence-corrected chi connectivity index (χ4v) is 2.38. The van der Waals surface area contributed by atoms with E-state index < -0.39 is 0 Å². The molecule has 1 fully saturated rings. The Bertz CT molecular complexity index is 397. The topological polar surface area (TPSA) is 47.5 Å². The molecule has 6 nitrogen and oxygen atoms in total. The Labute approximate surface area is 128 Å². The first-order chi connectivity index (χ1) is 10.2. The highest BCUT2D eigenvalue weighted by molar-refractivity contribution is 5.30. The lowest BCUT2D eigenvalue weighted by Crippen LogP contribution is -2.48. The van der Waals surface area contributed by atoms with Gasteiger partial charge in [-0.05, 0) is 20.6 Å². The van der Waals surface area contributed by atoms with Crippen LogP contribution in [0.25, 0.3) is 0 Å². The van der Waals surface area contributed by atoms with Gasteiger partial charge in [-0.25, -0.2) is 9.97 Å². The molecule has 0 radical (unpaired) electrons.